The summed E-state index contributed by atoms with van der Waals surface area (Å²) in [6.45, 7) is 5.08. The van der Waals surface area contributed by atoms with E-state index in [9.17, 15) is 4.79 Å². The highest BCUT2D eigenvalue weighted by molar-refractivity contribution is 9.10. The molecule has 5 nitrogen and oxygen atoms in total. The molecule has 0 spiro atoms. The number of aromatic nitrogens is 2. The Balaban J connectivity index is 2.10. The van der Waals surface area contributed by atoms with Gasteiger partial charge in [-0.15, -0.1) is 0 Å². The molecule has 0 fully saturated rings. The molecule has 1 aromatic carbocycles. The molecule has 0 amide bonds. The van der Waals surface area contributed by atoms with Crippen LogP contribution < -0.4 is 15.0 Å². The van der Waals surface area contributed by atoms with Crippen molar-refractivity contribution in [2.45, 2.75) is 19.8 Å². The molecule has 0 bridgehead atoms. The zero-order valence-corrected chi connectivity index (χ0v) is 13.4. The van der Waals surface area contributed by atoms with Gasteiger partial charge in [-0.2, -0.15) is 0 Å². The maximum absolute atomic E-state index is 12.0. The minimum Gasteiger partial charge on any atom is -0.486 e. The zero-order valence-electron chi connectivity index (χ0n) is 11.8. The smallest absolute Gasteiger partial charge is 0.265 e. The van der Waals surface area contributed by atoms with Crippen LogP contribution >= 0.6 is 15.9 Å². The fraction of sp³-hybridized carbons (Fsp3) is 0.333. The first-order valence-corrected chi connectivity index (χ1v) is 7.55. The van der Waals surface area contributed by atoms with E-state index in [1.807, 2.05) is 32.0 Å². The highest BCUT2D eigenvalue weighted by Crippen LogP contribution is 2.33. The molecule has 21 heavy (non-hydrogen) atoms. The van der Waals surface area contributed by atoms with E-state index in [0.717, 1.165) is 11.3 Å². The van der Waals surface area contributed by atoms with Crippen LogP contribution in [0.4, 0.5) is 0 Å². The number of hydrogen-bond acceptors (Lipinski definition) is 4. The number of H-pyrrole nitrogens is 1. The highest BCUT2D eigenvalue weighted by Gasteiger charge is 2.16. The van der Waals surface area contributed by atoms with Gasteiger partial charge in [-0.3, -0.25) is 4.79 Å². The van der Waals surface area contributed by atoms with Crippen LogP contribution in [-0.4, -0.2) is 23.2 Å². The molecular formula is C15H15BrN2O3. The van der Waals surface area contributed by atoms with E-state index in [2.05, 4.69) is 25.9 Å². The molecule has 110 valence electrons. The second-order valence-corrected chi connectivity index (χ2v) is 5.92. The molecule has 6 heteroatoms. The predicted octanol–water partition coefficient (Wildman–Crippen LogP) is 3.09. The van der Waals surface area contributed by atoms with Crippen LogP contribution in [0.25, 0.3) is 11.4 Å². The Hall–Kier alpha value is -1.82. The Morgan fingerprint density at radius 2 is 1.95 bits per heavy atom. The third-order valence-corrected chi connectivity index (χ3v) is 4.02. The standard InChI is InChI=1S/C15H15BrN2O3/c1-8(2)13-12(16)15(19)18-14(17-13)9-3-4-10-11(7-9)21-6-5-20-10/h3-4,7-8H,5-6H2,1-2H3,(H,17,18,19). The lowest BCUT2D eigenvalue weighted by atomic mass is 10.1. The second kappa shape index (κ2) is 5.52. The Labute approximate surface area is 130 Å². The van der Waals surface area contributed by atoms with Crippen molar-refractivity contribution in [3.8, 4) is 22.9 Å². The van der Waals surface area contributed by atoms with E-state index in [0.29, 0.717) is 35.0 Å². The maximum Gasteiger partial charge on any atom is 0.265 e. The average molecular weight is 351 g/mol. The molecule has 2 heterocycles. The lowest BCUT2D eigenvalue weighted by molar-refractivity contribution is 0.171. The van der Waals surface area contributed by atoms with Crippen LogP contribution in [0.15, 0.2) is 27.5 Å². The average Bonchev–Trinajstić information content (AvgIpc) is 2.49. The summed E-state index contributed by atoms with van der Waals surface area (Å²) in [5.74, 6) is 2.07. The van der Waals surface area contributed by atoms with E-state index in [4.69, 9.17) is 9.47 Å². The fourth-order valence-electron chi connectivity index (χ4n) is 2.19. The van der Waals surface area contributed by atoms with E-state index in [1.54, 1.807) is 0 Å². The van der Waals surface area contributed by atoms with E-state index in [1.165, 1.54) is 0 Å². The maximum atomic E-state index is 12.0. The van der Waals surface area contributed by atoms with Crippen molar-refractivity contribution in [3.05, 3.63) is 38.7 Å². The monoisotopic (exact) mass is 350 g/mol. The molecule has 1 aliphatic heterocycles. The Bertz CT molecular complexity index is 740. The van der Waals surface area contributed by atoms with Gasteiger partial charge in [0.1, 0.15) is 23.5 Å². The van der Waals surface area contributed by atoms with Gasteiger partial charge in [0.25, 0.3) is 5.56 Å². The molecule has 0 saturated carbocycles. The van der Waals surface area contributed by atoms with E-state index >= 15 is 0 Å². The molecule has 1 aliphatic rings. The lowest BCUT2D eigenvalue weighted by Gasteiger charge is -2.19. The summed E-state index contributed by atoms with van der Waals surface area (Å²) in [6, 6.07) is 5.54. The molecule has 3 rings (SSSR count). The third kappa shape index (κ3) is 2.68. The number of ether oxygens (including phenoxy) is 2. The number of rotatable bonds is 2. The third-order valence-electron chi connectivity index (χ3n) is 3.25. The number of benzene rings is 1. The van der Waals surface area contributed by atoms with Gasteiger partial charge in [-0.05, 0) is 40.0 Å². The van der Waals surface area contributed by atoms with Gasteiger partial charge in [0, 0.05) is 5.56 Å². The van der Waals surface area contributed by atoms with Gasteiger partial charge in [0.15, 0.2) is 11.5 Å². The van der Waals surface area contributed by atoms with Gasteiger partial charge in [-0.25, -0.2) is 4.98 Å². The van der Waals surface area contributed by atoms with Gasteiger partial charge < -0.3 is 14.5 Å². The first kappa shape index (κ1) is 14.1. The molecular weight excluding hydrogens is 336 g/mol. The number of aromatic amines is 1. The van der Waals surface area contributed by atoms with Crippen LogP contribution in [0.2, 0.25) is 0 Å². The molecule has 0 radical (unpaired) electrons. The topological polar surface area (TPSA) is 64.2 Å². The summed E-state index contributed by atoms with van der Waals surface area (Å²) in [6.07, 6.45) is 0. The van der Waals surface area contributed by atoms with Crippen molar-refractivity contribution in [3.63, 3.8) is 0 Å². The second-order valence-electron chi connectivity index (χ2n) is 5.13. The predicted molar refractivity (Wildman–Crippen MR) is 83.1 cm³/mol. The van der Waals surface area contributed by atoms with Crippen LogP contribution in [0, 0.1) is 0 Å². The van der Waals surface area contributed by atoms with Gasteiger partial charge in [0.05, 0.1) is 5.69 Å². The normalized spacial score (nSPS) is 13.5. The van der Waals surface area contributed by atoms with Crippen LogP contribution in [-0.2, 0) is 0 Å². The summed E-state index contributed by atoms with van der Waals surface area (Å²) in [5, 5.41) is 0. The largest absolute Gasteiger partial charge is 0.486 e. The van der Waals surface area contributed by atoms with Crippen molar-refractivity contribution >= 4 is 15.9 Å². The van der Waals surface area contributed by atoms with Crippen molar-refractivity contribution in [1.29, 1.82) is 0 Å². The number of nitrogens with one attached hydrogen (secondary N) is 1. The molecule has 1 N–H and O–H groups in total. The first-order valence-electron chi connectivity index (χ1n) is 6.76. The molecule has 2 aromatic rings. The quantitative estimate of drug-likeness (QED) is 0.903. The summed E-state index contributed by atoms with van der Waals surface area (Å²) in [4.78, 5) is 19.4. The van der Waals surface area contributed by atoms with E-state index in [-0.39, 0.29) is 11.5 Å². The van der Waals surface area contributed by atoms with Crippen molar-refractivity contribution < 1.29 is 9.47 Å². The number of halogens is 1. The summed E-state index contributed by atoms with van der Waals surface area (Å²) < 4.78 is 11.5. The molecule has 0 atom stereocenters. The van der Waals surface area contributed by atoms with Crippen molar-refractivity contribution in [2.75, 3.05) is 13.2 Å². The summed E-state index contributed by atoms with van der Waals surface area (Å²) in [5.41, 5.74) is 1.35. The van der Waals surface area contributed by atoms with Crippen LogP contribution in [0.1, 0.15) is 25.5 Å². The number of fused-ring (bicyclic) bond motifs is 1. The van der Waals surface area contributed by atoms with Gasteiger partial charge in [0.2, 0.25) is 0 Å². The lowest BCUT2D eigenvalue weighted by Crippen LogP contribution is -2.16. The van der Waals surface area contributed by atoms with Gasteiger partial charge >= 0.3 is 0 Å². The highest BCUT2D eigenvalue weighted by atomic mass is 79.9. The first-order chi connectivity index (χ1) is 10.1. The Morgan fingerprint density at radius 1 is 1.24 bits per heavy atom. The zero-order chi connectivity index (χ0) is 15.0. The minimum absolute atomic E-state index is 0.151. The van der Waals surface area contributed by atoms with Crippen LogP contribution in [0.5, 0.6) is 11.5 Å². The molecule has 0 saturated heterocycles. The van der Waals surface area contributed by atoms with Crippen LogP contribution in [0.3, 0.4) is 0 Å². The minimum atomic E-state index is -0.182. The molecule has 0 unspecified atom stereocenters. The fourth-order valence-corrected chi connectivity index (χ4v) is 2.83. The van der Waals surface area contributed by atoms with Crippen molar-refractivity contribution in [2.24, 2.45) is 0 Å². The SMILES string of the molecule is CC(C)c1nc(-c2ccc3c(c2)OCCO3)[nH]c(=O)c1Br. The Morgan fingerprint density at radius 3 is 2.67 bits per heavy atom. The van der Waals surface area contributed by atoms with Gasteiger partial charge in [-0.1, -0.05) is 13.8 Å². The van der Waals surface area contributed by atoms with E-state index < -0.39 is 0 Å². The Kier molecular flexibility index (Phi) is 3.71. The molecule has 0 aliphatic carbocycles. The summed E-state index contributed by atoms with van der Waals surface area (Å²) in [7, 11) is 0. The molecule has 1 aromatic heterocycles. The summed E-state index contributed by atoms with van der Waals surface area (Å²) >= 11 is 3.30. The number of nitrogens with zero attached hydrogens (tertiary/aromatic N) is 1. The van der Waals surface area contributed by atoms with Crippen molar-refractivity contribution in [1.82, 2.24) is 9.97 Å². The number of hydrogen-bond donors (Lipinski definition) is 1.